The maximum Gasteiger partial charge on any atom is 0.329 e. The van der Waals surface area contributed by atoms with Crippen molar-refractivity contribution in [2.75, 3.05) is 6.54 Å². The lowest BCUT2D eigenvalue weighted by molar-refractivity contribution is -0.283. The van der Waals surface area contributed by atoms with Crippen molar-refractivity contribution < 1.29 is 49.1 Å². The third-order valence-corrected chi connectivity index (χ3v) is 13.6. The van der Waals surface area contributed by atoms with Gasteiger partial charge in [-0.3, -0.25) is 14.4 Å². The van der Waals surface area contributed by atoms with Gasteiger partial charge in [-0.2, -0.15) is 0 Å². The van der Waals surface area contributed by atoms with E-state index in [0.29, 0.717) is 75.8 Å². The Morgan fingerprint density at radius 3 is 2.24 bits per heavy atom. The molecule has 3 heterocycles. The fourth-order valence-corrected chi connectivity index (χ4v) is 9.32. The number of Topliss-reactive ketones (excluding diaryl/α,β-unsaturated/α-hetero) is 2. The third-order valence-electron chi connectivity index (χ3n) is 13.6. The Kier molecular flexibility index (Phi) is 18.8. The molecule has 1 saturated carbocycles. The van der Waals surface area contributed by atoms with Crippen LogP contribution in [-0.2, 0) is 28.7 Å². The molecule has 1 aliphatic carbocycles. The average Bonchev–Trinajstić information content (AvgIpc) is 3.18. The average molecular weight is 826 g/mol. The molecule has 2 saturated heterocycles. The van der Waals surface area contributed by atoms with Gasteiger partial charge in [0.05, 0.1) is 30.8 Å². The van der Waals surface area contributed by atoms with E-state index in [1.807, 2.05) is 65.0 Å². The highest BCUT2D eigenvalue weighted by atomic mass is 16.6. The van der Waals surface area contributed by atoms with Gasteiger partial charge < -0.3 is 34.8 Å². The molecular formula is C48H75NO10. The van der Waals surface area contributed by atoms with E-state index in [-0.39, 0.29) is 67.0 Å². The Bertz CT molecular complexity index is 1540. The summed E-state index contributed by atoms with van der Waals surface area (Å²) in [6.45, 7) is 13.4. The van der Waals surface area contributed by atoms with E-state index < -0.39 is 54.0 Å². The number of carbonyl (C=O) groups excluding carboxylic acids is 4. The van der Waals surface area contributed by atoms with E-state index in [2.05, 4.69) is 0 Å². The second kappa shape index (κ2) is 22.8. The number of nitrogens with zero attached hydrogens (tertiary/aromatic N) is 1. The number of ketones is 2. The Morgan fingerprint density at radius 1 is 0.814 bits per heavy atom. The molecular weight excluding hydrogens is 751 g/mol. The Balaban J connectivity index is 1.61. The second-order valence-corrected chi connectivity index (χ2v) is 18.8. The smallest absolute Gasteiger partial charge is 0.329 e. The lowest BCUT2D eigenvalue weighted by atomic mass is 9.79. The fraction of sp³-hybridized carbons (Fsp3) is 0.750. The maximum absolute atomic E-state index is 14.2. The van der Waals surface area contributed by atoms with Gasteiger partial charge in [0.2, 0.25) is 5.91 Å². The molecule has 332 valence electrons. The monoisotopic (exact) mass is 826 g/mol. The molecule has 0 aromatic carbocycles. The molecule has 11 nitrogen and oxygen atoms in total. The molecule has 0 aromatic heterocycles. The number of esters is 1. The zero-order valence-corrected chi connectivity index (χ0v) is 36.9. The van der Waals surface area contributed by atoms with Crippen LogP contribution in [0.5, 0.6) is 0 Å². The molecule has 11 unspecified atom stereocenters. The summed E-state index contributed by atoms with van der Waals surface area (Å²) in [5, 5.41) is 44.1. The number of allylic oxidation sites excluding steroid dienone is 6. The molecule has 2 bridgehead atoms. The van der Waals surface area contributed by atoms with E-state index in [4.69, 9.17) is 9.47 Å². The van der Waals surface area contributed by atoms with Gasteiger partial charge in [0.25, 0.3) is 0 Å². The number of fused-ring (bicyclic) bond motifs is 3. The molecule has 0 spiro atoms. The van der Waals surface area contributed by atoms with Crippen LogP contribution in [0.4, 0.5) is 0 Å². The first-order valence-electron chi connectivity index (χ1n) is 22.6. The summed E-state index contributed by atoms with van der Waals surface area (Å²) in [6, 6.07) is -0.879. The molecule has 11 atom stereocenters. The lowest BCUT2D eigenvalue weighted by Crippen LogP contribution is -2.54. The first-order chi connectivity index (χ1) is 27.9. The van der Waals surface area contributed by atoms with E-state index in [1.165, 1.54) is 4.90 Å². The maximum atomic E-state index is 14.2. The zero-order chi connectivity index (χ0) is 43.4. The van der Waals surface area contributed by atoms with Crippen LogP contribution in [0.3, 0.4) is 0 Å². The minimum absolute atomic E-state index is 0.0481. The molecule has 4 rings (SSSR count). The van der Waals surface area contributed by atoms with E-state index in [1.54, 1.807) is 19.9 Å². The Hall–Kier alpha value is -2.96. The van der Waals surface area contributed by atoms with Gasteiger partial charge in [0.15, 0.2) is 5.79 Å². The number of carbonyl (C=O) groups is 4. The number of amides is 1. The van der Waals surface area contributed by atoms with Crippen LogP contribution >= 0.6 is 0 Å². The van der Waals surface area contributed by atoms with Crippen LogP contribution in [-0.4, -0.2) is 97.7 Å². The molecule has 0 aromatic rings. The van der Waals surface area contributed by atoms with Crippen molar-refractivity contribution in [3.63, 3.8) is 0 Å². The van der Waals surface area contributed by atoms with Gasteiger partial charge in [-0.1, -0.05) is 71.1 Å². The summed E-state index contributed by atoms with van der Waals surface area (Å²) >= 11 is 0. The van der Waals surface area contributed by atoms with Crippen LogP contribution in [0, 0.1) is 35.5 Å². The number of cyclic esters (lactones) is 1. The van der Waals surface area contributed by atoms with Crippen molar-refractivity contribution in [2.45, 2.75) is 187 Å². The standard InChI is InChI=1S/C48H75NO10/c1-30-13-9-8-10-14-31(2)41(51)26-39-21-16-36(7)48(57,59-39)29-46(55)49-22-12-11-15-40(49)47(56)58-45(35(6)25-37-17-19-38(50)20-18-37)28-44(54)34(5)24-33(4)43(53)27-42(52)32(3)23-30/h8-10,13-14,24,30,32,34-41,43,45,50-51,53,57H,11-12,15-23,25-29H2,1-7H3. The summed E-state index contributed by atoms with van der Waals surface area (Å²) in [6.07, 6.45) is 15.0. The Morgan fingerprint density at radius 2 is 1.53 bits per heavy atom. The predicted octanol–water partition coefficient (Wildman–Crippen LogP) is 7.10. The normalized spacial score (nSPS) is 37.9. The van der Waals surface area contributed by atoms with E-state index in [0.717, 1.165) is 18.4 Å². The van der Waals surface area contributed by atoms with Crippen molar-refractivity contribution in [3.8, 4) is 0 Å². The van der Waals surface area contributed by atoms with Crippen LogP contribution < -0.4 is 0 Å². The first kappa shape index (κ1) is 48.7. The molecule has 11 heteroatoms. The van der Waals surface area contributed by atoms with Gasteiger partial charge in [0, 0.05) is 43.6 Å². The molecule has 0 radical (unpaired) electrons. The minimum atomic E-state index is -1.78. The van der Waals surface area contributed by atoms with Gasteiger partial charge in [-0.05, 0) is 113 Å². The molecule has 4 aliphatic rings. The number of hydrogen-bond acceptors (Lipinski definition) is 10. The predicted molar refractivity (Wildman–Crippen MR) is 228 cm³/mol. The van der Waals surface area contributed by atoms with Crippen LogP contribution in [0.2, 0.25) is 0 Å². The summed E-state index contributed by atoms with van der Waals surface area (Å²) in [5.74, 6) is -3.98. The first-order valence-corrected chi connectivity index (χ1v) is 22.6. The van der Waals surface area contributed by atoms with E-state index in [9.17, 15) is 39.6 Å². The topological polar surface area (TPSA) is 171 Å². The second-order valence-electron chi connectivity index (χ2n) is 18.8. The largest absolute Gasteiger partial charge is 0.460 e. The Labute approximate surface area is 353 Å². The van der Waals surface area contributed by atoms with Gasteiger partial charge in [-0.25, -0.2) is 4.79 Å². The van der Waals surface area contributed by atoms with Crippen molar-refractivity contribution >= 4 is 23.4 Å². The van der Waals surface area contributed by atoms with Crippen molar-refractivity contribution in [2.24, 2.45) is 35.5 Å². The number of aliphatic hydroxyl groups excluding tert-OH is 3. The van der Waals surface area contributed by atoms with Crippen LogP contribution in [0.1, 0.15) is 145 Å². The number of piperidine rings is 1. The lowest BCUT2D eigenvalue weighted by Gasteiger charge is -2.44. The highest BCUT2D eigenvalue weighted by molar-refractivity contribution is 5.86. The zero-order valence-electron chi connectivity index (χ0n) is 36.9. The highest BCUT2D eigenvalue weighted by Crippen LogP contribution is 2.38. The number of aliphatic hydroxyl groups is 4. The number of ether oxygens (including phenoxy) is 2. The third kappa shape index (κ3) is 14.6. The van der Waals surface area contributed by atoms with Gasteiger partial charge in [-0.15, -0.1) is 0 Å². The minimum Gasteiger partial charge on any atom is -0.460 e. The number of hydrogen-bond donors (Lipinski definition) is 4. The van der Waals surface area contributed by atoms with Crippen molar-refractivity contribution in [1.29, 1.82) is 0 Å². The fourth-order valence-electron chi connectivity index (χ4n) is 9.32. The highest BCUT2D eigenvalue weighted by Gasteiger charge is 2.46. The van der Waals surface area contributed by atoms with Crippen LogP contribution in [0.15, 0.2) is 47.6 Å². The molecule has 1 amide bonds. The molecule has 3 aliphatic heterocycles. The van der Waals surface area contributed by atoms with Crippen molar-refractivity contribution in [3.05, 3.63) is 47.6 Å². The summed E-state index contributed by atoms with van der Waals surface area (Å²) in [4.78, 5) is 56.8. The van der Waals surface area contributed by atoms with Gasteiger partial charge >= 0.3 is 5.97 Å². The quantitative estimate of drug-likeness (QED) is 0.170. The molecule has 3 fully saturated rings. The van der Waals surface area contributed by atoms with Crippen LogP contribution in [0.25, 0.3) is 0 Å². The number of rotatable bonds is 3. The molecule has 59 heavy (non-hydrogen) atoms. The summed E-state index contributed by atoms with van der Waals surface area (Å²) < 4.78 is 12.5. The summed E-state index contributed by atoms with van der Waals surface area (Å²) in [7, 11) is 0. The molecule has 4 N–H and O–H groups in total. The SMILES string of the molecule is CC1=CC(C)C(=O)CC(C(C)CC2CCC(O)CC2)OC(=O)C2CCCCN2C(=O)CC2(O)OC(CCC2C)CC(O)C(C)=CC=CC=CC(C)CC(C)C(=O)CC1O. The summed E-state index contributed by atoms with van der Waals surface area (Å²) in [5.41, 5.74) is 1.26. The van der Waals surface area contributed by atoms with E-state index >= 15 is 0 Å². The van der Waals surface area contributed by atoms with Gasteiger partial charge in [0.1, 0.15) is 23.7 Å². The van der Waals surface area contributed by atoms with Crippen molar-refractivity contribution in [1.82, 2.24) is 4.90 Å².